The van der Waals surface area contributed by atoms with Crippen molar-refractivity contribution in [2.24, 2.45) is 0 Å². The summed E-state index contributed by atoms with van der Waals surface area (Å²) in [4.78, 5) is 0. The van der Waals surface area contributed by atoms with E-state index in [0.717, 1.165) is 21.3 Å². The third kappa shape index (κ3) is 4.05. The molecule has 0 heterocycles. The number of methoxy groups -OCH3 is 1. The smallest absolute Gasteiger partial charge is 0.126 e. The number of ether oxygens (including phenoxy) is 1. The predicted octanol–water partition coefficient (Wildman–Crippen LogP) is 4.14. The fourth-order valence-corrected chi connectivity index (χ4v) is 2.93. The van der Waals surface area contributed by atoms with E-state index in [9.17, 15) is 4.39 Å². The summed E-state index contributed by atoms with van der Waals surface area (Å²) in [5.74, 6) is 0.724. The third-order valence-corrected chi connectivity index (χ3v) is 4.00. The molecule has 112 valence electrons. The lowest BCUT2D eigenvalue weighted by Gasteiger charge is -2.19. The van der Waals surface area contributed by atoms with Gasteiger partial charge >= 0.3 is 0 Å². The van der Waals surface area contributed by atoms with Gasteiger partial charge in [0.05, 0.1) is 7.11 Å². The van der Waals surface area contributed by atoms with Crippen LogP contribution in [0.25, 0.3) is 0 Å². The summed E-state index contributed by atoms with van der Waals surface area (Å²) in [6, 6.07) is 12.9. The van der Waals surface area contributed by atoms with E-state index in [0.29, 0.717) is 13.0 Å². The zero-order valence-corrected chi connectivity index (χ0v) is 13.8. The highest BCUT2D eigenvalue weighted by molar-refractivity contribution is 9.10. The fraction of sp³-hybridized carbons (Fsp3) is 0.294. The predicted molar refractivity (Wildman–Crippen MR) is 87.5 cm³/mol. The van der Waals surface area contributed by atoms with E-state index in [4.69, 9.17) is 4.74 Å². The van der Waals surface area contributed by atoms with Gasteiger partial charge in [-0.2, -0.15) is 0 Å². The quantitative estimate of drug-likeness (QED) is 0.844. The van der Waals surface area contributed by atoms with Crippen LogP contribution in [0.2, 0.25) is 0 Å². The SMILES string of the molecule is CNCC(Cc1cc(Br)ccc1OC)c1ccccc1F. The summed E-state index contributed by atoms with van der Waals surface area (Å²) in [7, 11) is 3.54. The average molecular weight is 352 g/mol. The Labute approximate surface area is 133 Å². The highest BCUT2D eigenvalue weighted by atomic mass is 79.9. The Balaban J connectivity index is 2.33. The minimum Gasteiger partial charge on any atom is -0.496 e. The van der Waals surface area contributed by atoms with Gasteiger partial charge < -0.3 is 10.1 Å². The number of halogens is 2. The lowest BCUT2D eigenvalue weighted by molar-refractivity contribution is 0.407. The second-order valence-corrected chi connectivity index (χ2v) is 5.85. The number of benzene rings is 2. The van der Waals surface area contributed by atoms with Gasteiger partial charge in [0, 0.05) is 16.9 Å². The molecule has 0 aliphatic heterocycles. The summed E-state index contributed by atoms with van der Waals surface area (Å²) in [6.45, 7) is 0.705. The molecule has 0 amide bonds. The Bertz CT molecular complexity index is 603. The summed E-state index contributed by atoms with van der Waals surface area (Å²) in [5, 5.41) is 3.15. The first-order valence-corrected chi connectivity index (χ1v) is 7.66. The van der Waals surface area contributed by atoms with Gasteiger partial charge in [-0.15, -0.1) is 0 Å². The molecule has 1 atom stereocenters. The van der Waals surface area contributed by atoms with E-state index >= 15 is 0 Å². The molecule has 2 rings (SSSR count). The zero-order chi connectivity index (χ0) is 15.2. The van der Waals surface area contributed by atoms with Crippen LogP contribution in [0.3, 0.4) is 0 Å². The largest absolute Gasteiger partial charge is 0.496 e. The second kappa shape index (κ2) is 7.57. The summed E-state index contributed by atoms with van der Waals surface area (Å²) >= 11 is 3.48. The van der Waals surface area contributed by atoms with Crippen molar-refractivity contribution in [2.45, 2.75) is 12.3 Å². The Morgan fingerprint density at radius 1 is 1.24 bits per heavy atom. The molecule has 0 fully saturated rings. The normalized spacial score (nSPS) is 12.2. The molecule has 0 aliphatic rings. The van der Waals surface area contributed by atoms with Crippen LogP contribution in [-0.2, 0) is 6.42 Å². The fourth-order valence-electron chi connectivity index (χ4n) is 2.52. The molecule has 1 unspecified atom stereocenters. The van der Waals surface area contributed by atoms with Crippen molar-refractivity contribution in [1.29, 1.82) is 0 Å². The highest BCUT2D eigenvalue weighted by Gasteiger charge is 2.17. The summed E-state index contributed by atoms with van der Waals surface area (Å²) in [5.41, 5.74) is 1.80. The first kappa shape index (κ1) is 16.0. The Kier molecular flexibility index (Phi) is 5.76. The van der Waals surface area contributed by atoms with Crippen molar-refractivity contribution in [3.8, 4) is 5.75 Å². The molecule has 2 nitrogen and oxygen atoms in total. The van der Waals surface area contributed by atoms with Crippen LogP contribution in [-0.4, -0.2) is 20.7 Å². The first-order valence-electron chi connectivity index (χ1n) is 6.87. The average Bonchev–Trinajstić information content (AvgIpc) is 2.48. The van der Waals surface area contributed by atoms with Gasteiger partial charge in [0.1, 0.15) is 11.6 Å². The molecular formula is C17H19BrFNO. The maximum absolute atomic E-state index is 14.1. The van der Waals surface area contributed by atoms with Crippen molar-refractivity contribution < 1.29 is 9.13 Å². The standard InChI is InChI=1S/C17H19BrFNO/c1-20-11-13(15-5-3-4-6-16(15)19)9-12-10-14(18)7-8-17(12)21-2/h3-8,10,13,20H,9,11H2,1-2H3. The zero-order valence-electron chi connectivity index (χ0n) is 12.2. The molecule has 2 aromatic carbocycles. The minimum atomic E-state index is -0.160. The van der Waals surface area contributed by atoms with Crippen LogP contribution < -0.4 is 10.1 Å². The van der Waals surface area contributed by atoms with Crippen molar-refractivity contribution in [1.82, 2.24) is 5.32 Å². The molecule has 1 N–H and O–H groups in total. The summed E-state index contributed by atoms with van der Waals surface area (Å²) < 4.78 is 20.5. The number of rotatable bonds is 6. The van der Waals surface area contributed by atoms with E-state index in [1.807, 2.05) is 37.4 Å². The third-order valence-electron chi connectivity index (χ3n) is 3.50. The van der Waals surface area contributed by atoms with E-state index in [2.05, 4.69) is 21.2 Å². The van der Waals surface area contributed by atoms with Crippen LogP contribution in [0.15, 0.2) is 46.9 Å². The highest BCUT2D eigenvalue weighted by Crippen LogP contribution is 2.29. The van der Waals surface area contributed by atoms with Crippen LogP contribution in [0.1, 0.15) is 17.0 Å². The van der Waals surface area contributed by atoms with Crippen molar-refractivity contribution in [2.75, 3.05) is 20.7 Å². The topological polar surface area (TPSA) is 21.3 Å². The van der Waals surface area contributed by atoms with Crippen LogP contribution in [0, 0.1) is 5.82 Å². The lowest BCUT2D eigenvalue weighted by atomic mass is 9.91. The van der Waals surface area contributed by atoms with Gasteiger partial charge in [0.25, 0.3) is 0 Å². The van der Waals surface area contributed by atoms with E-state index in [1.165, 1.54) is 6.07 Å². The van der Waals surface area contributed by atoms with Gasteiger partial charge in [-0.05, 0) is 48.9 Å². The number of hydrogen-bond donors (Lipinski definition) is 1. The van der Waals surface area contributed by atoms with E-state index < -0.39 is 0 Å². The number of likely N-dealkylation sites (N-methyl/N-ethyl adjacent to an activating group) is 1. The Hall–Kier alpha value is -1.39. The van der Waals surface area contributed by atoms with Gasteiger partial charge in [-0.3, -0.25) is 0 Å². The Morgan fingerprint density at radius 2 is 2.00 bits per heavy atom. The molecule has 2 aromatic rings. The van der Waals surface area contributed by atoms with Crippen molar-refractivity contribution in [3.63, 3.8) is 0 Å². The van der Waals surface area contributed by atoms with Crippen molar-refractivity contribution >= 4 is 15.9 Å². The van der Waals surface area contributed by atoms with Gasteiger partial charge in [-0.25, -0.2) is 4.39 Å². The molecule has 0 saturated heterocycles. The Morgan fingerprint density at radius 3 is 2.67 bits per heavy atom. The number of hydrogen-bond acceptors (Lipinski definition) is 2. The monoisotopic (exact) mass is 351 g/mol. The molecule has 0 radical (unpaired) electrons. The molecule has 21 heavy (non-hydrogen) atoms. The molecule has 0 saturated carbocycles. The van der Waals surface area contributed by atoms with Gasteiger partial charge in [-0.1, -0.05) is 34.1 Å². The van der Waals surface area contributed by atoms with E-state index in [1.54, 1.807) is 13.2 Å². The van der Waals surface area contributed by atoms with Gasteiger partial charge in [0.2, 0.25) is 0 Å². The molecule has 0 bridgehead atoms. The second-order valence-electron chi connectivity index (χ2n) is 4.94. The molecule has 4 heteroatoms. The van der Waals surface area contributed by atoms with E-state index in [-0.39, 0.29) is 11.7 Å². The first-order chi connectivity index (χ1) is 10.2. The maximum atomic E-state index is 14.1. The molecule has 0 aromatic heterocycles. The molecule has 0 spiro atoms. The van der Waals surface area contributed by atoms with Gasteiger partial charge in [0.15, 0.2) is 0 Å². The molecular weight excluding hydrogens is 333 g/mol. The molecule has 0 aliphatic carbocycles. The summed E-state index contributed by atoms with van der Waals surface area (Å²) in [6.07, 6.45) is 0.713. The van der Waals surface area contributed by atoms with Crippen LogP contribution in [0.4, 0.5) is 4.39 Å². The van der Waals surface area contributed by atoms with Crippen molar-refractivity contribution in [3.05, 3.63) is 63.9 Å². The van der Waals surface area contributed by atoms with Crippen LogP contribution >= 0.6 is 15.9 Å². The van der Waals surface area contributed by atoms with Crippen LogP contribution in [0.5, 0.6) is 5.75 Å². The minimum absolute atomic E-state index is 0.0550. The number of nitrogens with one attached hydrogen (secondary N) is 1. The lowest BCUT2D eigenvalue weighted by Crippen LogP contribution is -2.20. The maximum Gasteiger partial charge on any atom is 0.126 e.